The van der Waals surface area contributed by atoms with Gasteiger partial charge >= 0.3 is 0 Å². The van der Waals surface area contributed by atoms with Crippen LogP contribution in [0.15, 0.2) is 42.7 Å². The van der Waals surface area contributed by atoms with Crippen LogP contribution in [0.25, 0.3) is 11.1 Å². The van der Waals surface area contributed by atoms with Gasteiger partial charge in [0.2, 0.25) is 5.79 Å². The van der Waals surface area contributed by atoms with Gasteiger partial charge in [-0.2, -0.15) is 0 Å². The van der Waals surface area contributed by atoms with Crippen molar-refractivity contribution in [1.29, 1.82) is 0 Å². The highest BCUT2D eigenvalue weighted by atomic mass is 16.6. The maximum absolute atomic E-state index is 10.7. The van der Waals surface area contributed by atoms with Crippen LogP contribution < -0.4 is 0 Å². The maximum Gasteiger partial charge on any atom is 0.222 e. The van der Waals surface area contributed by atoms with Crippen LogP contribution in [0.5, 0.6) is 0 Å². The first-order valence-electron chi connectivity index (χ1n) is 5.68. The van der Waals surface area contributed by atoms with Crippen molar-refractivity contribution in [3.8, 4) is 11.1 Å². The van der Waals surface area contributed by atoms with Crippen molar-refractivity contribution < 1.29 is 9.84 Å². The maximum atomic E-state index is 10.7. The lowest BCUT2D eigenvalue weighted by Crippen LogP contribution is -2.28. The third kappa shape index (κ3) is 1.33. The molecule has 0 spiro atoms. The fraction of sp³-hybridized carbons (Fsp3) is 0.214. The average molecular weight is 227 g/mol. The minimum atomic E-state index is -1.35. The van der Waals surface area contributed by atoms with Gasteiger partial charge in [0, 0.05) is 30.1 Å². The zero-order chi connectivity index (χ0) is 11.9. The largest absolute Gasteiger partial charge is 0.358 e. The molecule has 17 heavy (non-hydrogen) atoms. The predicted molar refractivity (Wildman–Crippen MR) is 64.3 cm³/mol. The summed E-state index contributed by atoms with van der Waals surface area (Å²) in [5.41, 5.74) is 3.53. The molecule has 0 fully saturated rings. The Morgan fingerprint density at radius 1 is 1.18 bits per heavy atom. The fourth-order valence-electron chi connectivity index (χ4n) is 2.42. The Bertz CT molecular complexity index is 520. The van der Waals surface area contributed by atoms with Gasteiger partial charge in [-0.05, 0) is 24.1 Å². The van der Waals surface area contributed by atoms with E-state index in [0.717, 1.165) is 22.3 Å². The van der Waals surface area contributed by atoms with E-state index in [4.69, 9.17) is 4.74 Å². The highest BCUT2D eigenvalue weighted by molar-refractivity contribution is 5.78. The van der Waals surface area contributed by atoms with Crippen molar-refractivity contribution in [2.75, 3.05) is 6.61 Å². The standard InChI is InChI=1S/C14H13NO2/c1-2-17-14(16)12-6-4-3-5-10(12)11-7-8-15-9-13(11)14/h3-9,16H,2H2,1H3. The zero-order valence-corrected chi connectivity index (χ0v) is 9.55. The molecule has 3 rings (SSSR count). The average Bonchev–Trinajstić information content (AvgIpc) is 2.62. The first-order chi connectivity index (χ1) is 8.27. The number of rotatable bonds is 2. The highest BCUT2D eigenvalue weighted by Crippen LogP contribution is 2.47. The van der Waals surface area contributed by atoms with Crippen LogP contribution in [0, 0.1) is 0 Å². The summed E-state index contributed by atoms with van der Waals surface area (Å²) in [7, 11) is 0. The Labute approximate surface area is 99.7 Å². The summed E-state index contributed by atoms with van der Waals surface area (Å²) < 4.78 is 5.56. The molecule has 1 heterocycles. The van der Waals surface area contributed by atoms with E-state index in [1.165, 1.54) is 0 Å². The minimum Gasteiger partial charge on any atom is -0.358 e. The summed E-state index contributed by atoms with van der Waals surface area (Å²) in [6.45, 7) is 2.31. The van der Waals surface area contributed by atoms with E-state index in [1.54, 1.807) is 12.4 Å². The molecule has 1 unspecified atom stereocenters. The molecule has 3 heteroatoms. The molecule has 1 aliphatic rings. The quantitative estimate of drug-likeness (QED) is 0.800. The number of nitrogens with zero attached hydrogens (tertiary/aromatic N) is 1. The molecule has 0 bridgehead atoms. The van der Waals surface area contributed by atoms with Crippen molar-refractivity contribution in [1.82, 2.24) is 4.98 Å². The Balaban J connectivity index is 2.31. The van der Waals surface area contributed by atoms with E-state index < -0.39 is 5.79 Å². The highest BCUT2D eigenvalue weighted by Gasteiger charge is 2.42. The van der Waals surface area contributed by atoms with Crippen molar-refractivity contribution in [3.05, 3.63) is 53.9 Å². The molecule has 0 saturated heterocycles. The minimum absolute atomic E-state index is 0.444. The van der Waals surface area contributed by atoms with E-state index in [9.17, 15) is 5.11 Å². The Morgan fingerprint density at radius 2 is 1.94 bits per heavy atom. The second-order valence-electron chi connectivity index (χ2n) is 4.04. The van der Waals surface area contributed by atoms with Gasteiger partial charge in [-0.15, -0.1) is 0 Å². The SMILES string of the molecule is CCOC1(O)c2ccccc2-c2ccncc21. The number of benzene rings is 1. The molecule has 1 N–H and O–H groups in total. The molecule has 86 valence electrons. The van der Waals surface area contributed by atoms with Gasteiger partial charge in [-0.25, -0.2) is 0 Å². The number of aliphatic hydroxyl groups is 1. The van der Waals surface area contributed by atoms with Crippen molar-refractivity contribution >= 4 is 0 Å². The van der Waals surface area contributed by atoms with Crippen LogP contribution in [-0.2, 0) is 10.5 Å². The molecule has 3 nitrogen and oxygen atoms in total. The first kappa shape index (κ1) is 10.4. The zero-order valence-electron chi connectivity index (χ0n) is 9.55. The number of hydrogen-bond acceptors (Lipinski definition) is 3. The molecular weight excluding hydrogens is 214 g/mol. The molecule has 0 aliphatic heterocycles. The summed E-state index contributed by atoms with van der Waals surface area (Å²) in [5.74, 6) is -1.35. The van der Waals surface area contributed by atoms with Crippen LogP contribution in [0.4, 0.5) is 0 Å². The summed E-state index contributed by atoms with van der Waals surface area (Å²) in [6.07, 6.45) is 3.40. The lowest BCUT2D eigenvalue weighted by Gasteiger charge is -2.24. The topological polar surface area (TPSA) is 42.4 Å². The summed E-state index contributed by atoms with van der Waals surface area (Å²) in [4.78, 5) is 4.08. The third-order valence-corrected chi connectivity index (χ3v) is 3.12. The Hall–Kier alpha value is -1.71. The Kier molecular flexibility index (Phi) is 2.24. The predicted octanol–water partition coefficient (Wildman–Crippen LogP) is 2.29. The van der Waals surface area contributed by atoms with Crippen LogP contribution in [0.3, 0.4) is 0 Å². The third-order valence-electron chi connectivity index (χ3n) is 3.12. The number of aromatic nitrogens is 1. The monoisotopic (exact) mass is 227 g/mol. The second-order valence-corrected chi connectivity index (χ2v) is 4.04. The second kappa shape index (κ2) is 3.65. The number of pyridine rings is 1. The number of fused-ring (bicyclic) bond motifs is 3. The van der Waals surface area contributed by atoms with Crippen molar-refractivity contribution in [3.63, 3.8) is 0 Å². The fourth-order valence-corrected chi connectivity index (χ4v) is 2.42. The van der Waals surface area contributed by atoms with Crippen molar-refractivity contribution in [2.24, 2.45) is 0 Å². The summed E-state index contributed by atoms with van der Waals surface area (Å²) >= 11 is 0. The van der Waals surface area contributed by atoms with E-state index in [-0.39, 0.29) is 0 Å². The summed E-state index contributed by atoms with van der Waals surface area (Å²) in [5, 5.41) is 10.7. The lowest BCUT2D eigenvalue weighted by molar-refractivity contribution is -0.174. The van der Waals surface area contributed by atoms with Gasteiger partial charge in [0.05, 0.1) is 0 Å². The van der Waals surface area contributed by atoms with Crippen LogP contribution in [-0.4, -0.2) is 16.7 Å². The molecule has 0 amide bonds. The molecule has 1 aliphatic carbocycles. The van der Waals surface area contributed by atoms with Gasteiger partial charge in [0.1, 0.15) is 0 Å². The Morgan fingerprint density at radius 3 is 2.76 bits per heavy atom. The van der Waals surface area contributed by atoms with E-state index in [0.29, 0.717) is 6.61 Å². The molecule has 2 aromatic rings. The smallest absolute Gasteiger partial charge is 0.222 e. The molecule has 0 radical (unpaired) electrons. The van der Waals surface area contributed by atoms with Gasteiger partial charge in [-0.1, -0.05) is 24.3 Å². The van der Waals surface area contributed by atoms with E-state index in [2.05, 4.69) is 4.98 Å². The molecular formula is C14H13NO2. The number of hydrogen-bond donors (Lipinski definition) is 1. The van der Waals surface area contributed by atoms with Gasteiger partial charge in [-0.3, -0.25) is 4.98 Å². The van der Waals surface area contributed by atoms with Crippen LogP contribution in [0.2, 0.25) is 0 Å². The molecule has 1 aromatic heterocycles. The molecule has 1 aromatic carbocycles. The lowest BCUT2D eigenvalue weighted by atomic mass is 10.1. The normalized spacial score (nSPS) is 21.1. The van der Waals surface area contributed by atoms with E-state index >= 15 is 0 Å². The summed E-state index contributed by atoms with van der Waals surface area (Å²) in [6, 6.07) is 9.66. The first-order valence-corrected chi connectivity index (χ1v) is 5.68. The van der Waals surface area contributed by atoms with Crippen LogP contribution >= 0.6 is 0 Å². The van der Waals surface area contributed by atoms with Gasteiger partial charge in [0.25, 0.3) is 0 Å². The van der Waals surface area contributed by atoms with E-state index in [1.807, 2.05) is 37.3 Å². The van der Waals surface area contributed by atoms with Gasteiger partial charge < -0.3 is 9.84 Å². The van der Waals surface area contributed by atoms with Gasteiger partial charge in [0.15, 0.2) is 0 Å². The molecule has 1 atom stereocenters. The van der Waals surface area contributed by atoms with Crippen molar-refractivity contribution in [2.45, 2.75) is 12.7 Å². The van der Waals surface area contributed by atoms with Crippen LogP contribution in [0.1, 0.15) is 18.1 Å². The molecule has 0 saturated carbocycles. The number of ether oxygens (including phenoxy) is 1.